The lowest BCUT2D eigenvalue weighted by Gasteiger charge is -2.10. The number of nitrogens with one attached hydrogen (secondary N) is 1. The fourth-order valence-electron chi connectivity index (χ4n) is 2.00. The van der Waals surface area contributed by atoms with Crippen molar-refractivity contribution in [2.24, 2.45) is 0 Å². The number of benzene rings is 1. The molecule has 1 aromatic carbocycles. The average molecular weight is 382 g/mol. The summed E-state index contributed by atoms with van der Waals surface area (Å²) < 4.78 is 6.29. The highest BCUT2D eigenvalue weighted by atomic mass is 79.9. The van der Waals surface area contributed by atoms with Crippen LogP contribution < -0.4 is 10.1 Å². The van der Waals surface area contributed by atoms with Crippen molar-refractivity contribution in [3.8, 4) is 5.75 Å². The molecular formula is C16H16BrNO3S. The predicted octanol–water partition coefficient (Wildman–Crippen LogP) is 3.58. The summed E-state index contributed by atoms with van der Waals surface area (Å²) in [4.78, 5) is 24.6. The maximum Gasteiger partial charge on any atom is 0.224 e. The first-order valence-electron chi connectivity index (χ1n) is 6.68. The van der Waals surface area contributed by atoms with Gasteiger partial charge in [-0.2, -0.15) is 0 Å². The normalized spacial score (nSPS) is 10.3. The number of amides is 1. The van der Waals surface area contributed by atoms with Gasteiger partial charge in [-0.1, -0.05) is 0 Å². The van der Waals surface area contributed by atoms with Crippen molar-refractivity contribution in [2.45, 2.75) is 19.9 Å². The summed E-state index contributed by atoms with van der Waals surface area (Å²) in [7, 11) is 1.55. The zero-order valence-corrected chi connectivity index (χ0v) is 14.7. The molecule has 0 aliphatic heterocycles. The van der Waals surface area contributed by atoms with Gasteiger partial charge in [0, 0.05) is 16.0 Å². The van der Waals surface area contributed by atoms with Gasteiger partial charge >= 0.3 is 0 Å². The topological polar surface area (TPSA) is 55.4 Å². The Hall–Kier alpha value is -1.66. The molecule has 1 amide bonds. The van der Waals surface area contributed by atoms with Gasteiger partial charge in [0.15, 0.2) is 5.78 Å². The first-order valence-corrected chi connectivity index (χ1v) is 8.29. The van der Waals surface area contributed by atoms with E-state index in [-0.39, 0.29) is 18.1 Å². The Bertz CT molecular complexity index is 696. The first-order chi connectivity index (χ1) is 10.5. The largest absolute Gasteiger partial charge is 0.496 e. The van der Waals surface area contributed by atoms with E-state index in [1.165, 1.54) is 6.92 Å². The van der Waals surface area contributed by atoms with Crippen LogP contribution in [-0.4, -0.2) is 18.8 Å². The van der Waals surface area contributed by atoms with Crippen molar-refractivity contribution in [1.82, 2.24) is 5.32 Å². The van der Waals surface area contributed by atoms with E-state index >= 15 is 0 Å². The number of rotatable bonds is 6. The van der Waals surface area contributed by atoms with Crippen LogP contribution in [0, 0.1) is 0 Å². The number of Topliss-reactive ketones (excluding diaryl/α,β-unsaturated/α-hetero) is 1. The maximum atomic E-state index is 12.1. The molecule has 0 aliphatic rings. The number of ether oxygens (including phenoxy) is 1. The third-order valence-electron chi connectivity index (χ3n) is 3.13. The SMILES string of the molecule is COc1ccc(C(C)=O)cc1CC(=O)NCc1ccc(Br)s1. The minimum atomic E-state index is -0.108. The standard InChI is InChI=1S/C16H16BrNO3S/c1-10(19)11-3-5-14(21-2)12(7-11)8-16(20)18-9-13-4-6-15(17)22-13/h3-7H,8-9H2,1-2H3,(H,18,20). The molecule has 4 nitrogen and oxygen atoms in total. The Balaban J connectivity index is 2.03. The molecule has 0 atom stereocenters. The number of halogens is 1. The molecule has 1 N–H and O–H groups in total. The molecule has 116 valence electrons. The van der Waals surface area contributed by atoms with E-state index in [2.05, 4.69) is 21.2 Å². The summed E-state index contributed by atoms with van der Waals surface area (Å²) in [6, 6.07) is 9.04. The van der Waals surface area contributed by atoms with Crippen LogP contribution in [-0.2, 0) is 17.8 Å². The van der Waals surface area contributed by atoms with Crippen LogP contribution in [0.2, 0.25) is 0 Å². The monoisotopic (exact) mass is 381 g/mol. The molecule has 1 heterocycles. The minimum Gasteiger partial charge on any atom is -0.496 e. The van der Waals surface area contributed by atoms with Crippen LogP contribution in [0.4, 0.5) is 0 Å². The zero-order chi connectivity index (χ0) is 16.1. The van der Waals surface area contributed by atoms with Crippen LogP contribution in [0.1, 0.15) is 27.7 Å². The van der Waals surface area contributed by atoms with Gasteiger partial charge in [-0.25, -0.2) is 0 Å². The second-order valence-corrected chi connectivity index (χ2v) is 7.29. The molecule has 0 unspecified atom stereocenters. The van der Waals surface area contributed by atoms with Gasteiger partial charge in [-0.05, 0) is 53.2 Å². The van der Waals surface area contributed by atoms with Gasteiger partial charge in [-0.3, -0.25) is 9.59 Å². The second kappa shape index (κ2) is 7.56. The highest BCUT2D eigenvalue weighted by molar-refractivity contribution is 9.11. The van der Waals surface area contributed by atoms with Gasteiger partial charge in [0.05, 0.1) is 23.9 Å². The van der Waals surface area contributed by atoms with Crippen LogP contribution >= 0.6 is 27.3 Å². The Morgan fingerprint density at radius 1 is 1.27 bits per heavy atom. The van der Waals surface area contributed by atoms with E-state index in [4.69, 9.17) is 4.74 Å². The Labute approximate surface area is 141 Å². The lowest BCUT2D eigenvalue weighted by atomic mass is 10.0. The summed E-state index contributed by atoms with van der Waals surface area (Å²) in [5.74, 6) is 0.468. The quantitative estimate of drug-likeness (QED) is 0.777. The number of hydrogen-bond donors (Lipinski definition) is 1. The van der Waals surface area contributed by atoms with E-state index in [9.17, 15) is 9.59 Å². The second-order valence-electron chi connectivity index (χ2n) is 4.74. The van der Waals surface area contributed by atoms with Crippen LogP contribution in [0.25, 0.3) is 0 Å². The molecule has 22 heavy (non-hydrogen) atoms. The van der Waals surface area contributed by atoms with Crippen LogP contribution in [0.15, 0.2) is 34.1 Å². The van der Waals surface area contributed by atoms with Gasteiger partial charge < -0.3 is 10.1 Å². The molecule has 0 saturated carbocycles. The smallest absolute Gasteiger partial charge is 0.224 e. The first kappa shape index (κ1) is 16.7. The summed E-state index contributed by atoms with van der Waals surface area (Å²) >= 11 is 4.97. The van der Waals surface area contributed by atoms with E-state index in [1.54, 1.807) is 36.6 Å². The third-order valence-corrected chi connectivity index (χ3v) is 4.75. The number of carbonyl (C=O) groups is 2. The maximum absolute atomic E-state index is 12.1. The van der Waals surface area contributed by atoms with E-state index < -0.39 is 0 Å². The number of ketones is 1. The Morgan fingerprint density at radius 3 is 2.64 bits per heavy atom. The molecule has 2 aromatic rings. The average Bonchev–Trinajstić information content (AvgIpc) is 2.90. The van der Waals surface area contributed by atoms with Crippen molar-refractivity contribution in [3.63, 3.8) is 0 Å². The highest BCUT2D eigenvalue weighted by Crippen LogP contribution is 2.23. The zero-order valence-electron chi connectivity index (χ0n) is 12.3. The van der Waals surface area contributed by atoms with Crippen molar-refractivity contribution < 1.29 is 14.3 Å². The molecule has 0 fully saturated rings. The van der Waals surface area contributed by atoms with Crippen molar-refractivity contribution >= 4 is 39.0 Å². The number of methoxy groups -OCH3 is 1. The molecule has 0 saturated heterocycles. The van der Waals surface area contributed by atoms with Crippen molar-refractivity contribution in [2.75, 3.05) is 7.11 Å². The lowest BCUT2D eigenvalue weighted by Crippen LogP contribution is -2.24. The molecule has 2 rings (SSSR count). The molecule has 1 aromatic heterocycles. The highest BCUT2D eigenvalue weighted by Gasteiger charge is 2.11. The molecule has 0 aliphatic carbocycles. The lowest BCUT2D eigenvalue weighted by molar-refractivity contribution is -0.120. The van der Waals surface area contributed by atoms with E-state index in [0.717, 1.165) is 8.66 Å². The summed E-state index contributed by atoms with van der Waals surface area (Å²) in [5.41, 5.74) is 1.28. The molecule has 0 spiro atoms. The van der Waals surface area contributed by atoms with Gasteiger partial charge in [0.2, 0.25) is 5.91 Å². The summed E-state index contributed by atoms with van der Waals surface area (Å²) in [5, 5.41) is 2.87. The summed E-state index contributed by atoms with van der Waals surface area (Å²) in [6.07, 6.45) is 0.177. The van der Waals surface area contributed by atoms with Crippen LogP contribution in [0.3, 0.4) is 0 Å². The van der Waals surface area contributed by atoms with Gasteiger partial charge in [0.1, 0.15) is 5.75 Å². The molecule has 0 radical (unpaired) electrons. The van der Waals surface area contributed by atoms with Crippen LogP contribution in [0.5, 0.6) is 5.75 Å². The van der Waals surface area contributed by atoms with Crippen molar-refractivity contribution in [3.05, 3.63) is 50.1 Å². The number of hydrogen-bond acceptors (Lipinski definition) is 4. The van der Waals surface area contributed by atoms with E-state index in [1.807, 2.05) is 12.1 Å². The Morgan fingerprint density at radius 2 is 2.05 bits per heavy atom. The minimum absolute atomic E-state index is 0.0345. The summed E-state index contributed by atoms with van der Waals surface area (Å²) in [6.45, 7) is 1.99. The van der Waals surface area contributed by atoms with Crippen molar-refractivity contribution in [1.29, 1.82) is 0 Å². The fraction of sp³-hybridized carbons (Fsp3) is 0.250. The van der Waals surface area contributed by atoms with Gasteiger partial charge in [-0.15, -0.1) is 11.3 Å². The number of carbonyl (C=O) groups excluding carboxylic acids is 2. The fourth-order valence-corrected chi connectivity index (χ4v) is 3.43. The molecule has 6 heteroatoms. The molecular weight excluding hydrogens is 366 g/mol. The Kier molecular flexibility index (Phi) is 5.74. The number of thiophene rings is 1. The third kappa shape index (κ3) is 4.42. The molecule has 0 bridgehead atoms. The van der Waals surface area contributed by atoms with Gasteiger partial charge in [0.25, 0.3) is 0 Å². The predicted molar refractivity (Wildman–Crippen MR) is 90.6 cm³/mol. The van der Waals surface area contributed by atoms with E-state index in [0.29, 0.717) is 23.4 Å².